The van der Waals surface area contributed by atoms with E-state index >= 15 is 0 Å². The summed E-state index contributed by atoms with van der Waals surface area (Å²) in [6.07, 6.45) is -9.95. The topological polar surface area (TPSA) is 47.1 Å². The van der Waals surface area contributed by atoms with Crippen molar-refractivity contribution in [2.45, 2.75) is 67.7 Å². The Bertz CT molecular complexity index is 4370. The molecule has 12 aromatic carbocycles. The molecule has 6 nitrogen and oxygen atoms in total. The van der Waals surface area contributed by atoms with Gasteiger partial charge in [0.05, 0.1) is 0 Å². The van der Waals surface area contributed by atoms with Crippen LogP contribution in [0.25, 0.3) is 22.3 Å². The highest BCUT2D eigenvalue weighted by Gasteiger charge is 2.40. The van der Waals surface area contributed by atoms with Gasteiger partial charge in [-0.05, 0) is 270 Å². The van der Waals surface area contributed by atoms with Crippen molar-refractivity contribution in [2.24, 2.45) is 0 Å². The highest BCUT2D eigenvalue weighted by molar-refractivity contribution is 6.01. The van der Waals surface area contributed by atoms with Crippen molar-refractivity contribution >= 4 is 79.8 Å². The van der Waals surface area contributed by atoms with Crippen molar-refractivity contribution in [1.29, 1.82) is 0 Å². The summed E-state index contributed by atoms with van der Waals surface area (Å²) in [4.78, 5) is 32.0. The molecule has 0 unspecified atom stereocenters. The van der Waals surface area contributed by atoms with E-state index in [1.54, 1.807) is 0 Å². The first-order chi connectivity index (χ1) is 45.9. The van der Waals surface area contributed by atoms with Gasteiger partial charge in [0.1, 0.15) is 0 Å². The van der Waals surface area contributed by atoms with Crippen LogP contribution in [0, 0.1) is 55.4 Å². The maximum atomic E-state index is 13.0. The molecule has 0 aliphatic carbocycles. The van der Waals surface area contributed by atoms with Gasteiger partial charge >= 0.3 is 12.4 Å². The standard InChI is InChI=1S/C42H30F6N2O2.C42H40N2/c1-27-3-15-33(16-4-27)49(37-23-11-31(12-24-37)39(51)41(43,44)45)35-19-7-29(8-20-35)30-9-21-36(22-10-30)50(34-17-5-28(2)6-18-34)38-25-13-32(14-26-38)40(52)42(46,47)48;1-29-7-17-37(18-8-29)43(41-21-11-31(3)33(5)27-41)39-23-13-35(14-24-39)36-15-25-40(26-16-36)44(38-19-9-30(2)10-20-38)42-22-12-32(4)34(6)28-42/h3-26H,1-2H3;7-28H,1-6H3. The first-order valence-electron chi connectivity index (χ1n) is 31.4. The molecule has 0 amide bonds. The second-order valence-corrected chi connectivity index (χ2v) is 24.2. The van der Waals surface area contributed by atoms with Crippen molar-refractivity contribution in [3.8, 4) is 22.3 Å². The van der Waals surface area contributed by atoms with Crippen LogP contribution >= 0.6 is 0 Å². The number of halogens is 6. The lowest BCUT2D eigenvalue weighted by Gasteiger charge is -2.27. The third-order valence-electron chi connectivity index (χ3n) is 17.1. The minimum absolute atomic E-state index is 0.451. The van der Waals surface area contributed by atoms with Crippen molar-refractivity contribution in [3.63, 3.8) is 0 Å². The van der Waals surface area contributed by atoms with Gasteiger partial charge in [-0.25, -0.2) is 0 Å². The third-order valence-corrected chi connectivity index (χ3v) is 17.1. The van der Waals surface area contributed by atoms with Crippen LogP contribution in [-0.2, 0) is 0 Å². The van der Waals surface area contributed by atoms with Gasteiger partial charge < -0.3 is 19.6 Å². The largest absolute Gasteiger partial charge is 0.454 e. The number of alkyl halides is 6. The van der Waals surface area contributed by atoms with Crippen molar-refractivity contribution in [2.75, 3.05) is 19.6 Å². The van der Waals surface area contributed by atoms with Crippen LogP contribution in [0.2, 0.25) is 0 Å². The number of rotatable bonds is 16. The van der Waals surface area contributed by atoms with Crippen LogP contribution in [0.15, 0.2) is 279 Å². The number of benzene rings is 12. The zero-order chi connectivity index (χ0) is 68.0. The molecule has 12 rings (SSSR count). The Balaban J connectivity index is 0.000000198. The number of aryl methyl sites for hydroxylation is 8. The number of anilines is 12. The summed E-state index contributed by atoms with van der Waals surface area (Å²) in [7, 11) is 0. The molecule has 0 bridgehead atoms. The van der Waals surface area contributed by atoms with Crippen molar-refractivity contribution in [1.82, 2.24) is 0 Å². The maximum Gasteiger partial charge on any atom is 0.454 e. The number of ketones is 2. The quantitative estimate of drug-likeness (QED) is 0.0710. The predicted molar refractivity (Wildman–Crippen MR) is 381 cm³/mol. The molecule has 0 aliphatic heterocycles. The zero-order valence-electron chi connectivity index (χ0n) is 54.4. The van der Waals surface area contributed by atoms with E-state index in [-0.39, 0.29) is 0 Å². The summed E-state index contributed by atoms with van der Waals surface area (Å²) in [6.45, 7) is 16.8. The molecule has 0 saturated carbocycles. The second-order valence-electron chi connectivity index (χ2n) is 24.2. The van der Waals surface area contributed by atoms with E-state index < -0.39 is 35.0 Å². The fourth-order valence-electron chi connectivity index (χ4n) is 11.4. The Labute approximate surface area is 557 Å². The molecule has 12 aromatic rings. The summed E-state index contributed by atoms with van der Waals surface area (Å²) in [6, 6.07) is 89.9. The maximum absolute atomic E-state index is 13.0. The lowest BCUT2D eigenvalue weighted by molar-refractivity contribution is -0.0888. The minimum Gasteiger partial charge on any atom is -0.311 e. The highest BCUT2D eigenvalue weighted by atomic mass is 19.4. The predicted octanol–water partition coefficient (Wildman–Crippen LogP) is 24.5. The summed E-state index contributed by atoms with van der Waals surface area (Å²) >= 11 is 0. The van der Waals surface area contributed by atoms with E-state index in [4.69, 9.17) is 0 Å². The minimum atomic E-state index is -4.97. The SMILES string of the molecule is Cc1ccc(N(c2ccc(-c3ccc(N(c4ccc(C)cc4)c4ccc(C)c(C)c4)cc3)cc2)c2ccc(C)c(C)c2)cc1.Cc1ccc(N(c2ccc(C(=O)C(F)(F)F)cc2)c2ccc(-c3ccc(N(c4ccc(C)cc4)c4ccc(C(=O)C(F)(F)F)cc4)cc3)cc2)cc1. The summed E-state index contributed by atoms with van der Waals surface area (Å²) in [5.74, 6) is -3.82. The van der Waals surface area contributed by atoms with Crippen LogP contribution in [0.1, 0.15) is 65.2 Å². The second kappa shape index (κ2) is 28.1. The van der Waals surface area contributed by atoms with Gasteiger partial charge in [0.2, 0.25) is 0 Å². The fourth-order valence-corrected chi connectivity index (χ4v) is 11.4. The van der Waals surface area contributed by atoms with E-state index in [1.165, 1.54) is 93.0 Å². The number of carbonyl (C=O) groups is 2. The molecule has 480 valence electrons. The van der Waals surface area contributed by atoms with Crippen LogP contribution < -0.4 is 19.6 Å². The number of hydrogen-bond donors (Lipinski definition) is 0. The molecule has 12 heteroatoms. The Kier molecular flexibility index (Phi) is 19.4. The number of nitrogens with zero attached hydrogens (tertiary/aromatic N) is 4. The summed E-state index contributed by atoms with van der Waals surface area (Å²) < 4.78 is 78.2. The van der Waals surface area contributed by atoms with E-state index in [2.05, 4.69) is 185 Å². The van der Waals surface area contributed by atoms with Gasteiger partial charge in [0.25, 0.3) is 11.6 Å². The molecule has 0 aromatic heterocycles. The van der Waals surface area contributed by atoms with Crippen LogP contribution in [0.3, 0.4) is 0 Å². The number of carbonyl (C=O) groups excluding carboxylic acids is 2. The molecule has 0 N–H and O–H groups in total. The molecule has 0 radical (unpaired) electrons. The average Bonchev–Trinajstić information content (AvgIpc) is 0.810. The van der Waals surface area contributed by atoms with Gasteiger partial charge in [-0.2, -0.15) is 26.3 Å². The average molecular weight is 1280 g/mol. The summed E-state index contributed by atoms with van der Waals surface area (Å²) in [5, 5.41) is 0. The van der Waals surface area contributed by atoms with Gasteiger partial charge in [-0.1, -0.05) is 131 Å². The van der Waals surface area contributed by atoms with Gasteiger partial charge in [0, 0.05) is 79.4 Å². The monoisotopic (exact) mass is 1280 g/mol. The number of hydrogen-bond acceptors (Lipinski definition) is 6. The Hall–Kier alpha value is -11.2. The van der Waals surface area contributed by atoms with Crippen LogP contribution in [0.4, 0.5) is 94.6 Å². The van der Waals surface area contributed by atoms with Crippen molar-refractivity contribution < 1.29 is 35.9 Å². The third kappa shape index (κ3) is 15.2. The zero-order valence-corrected chi connectivity index (χ0v) is 54.4. The van der Waals surface area contributed by atoms with Crippen LogP contribution in [0.5, 0.6) is 0 Å². The first kappa shape index (κ1) is 66.2. The first-order valence-corrected chi connectivity index (χ1v) is 31.4. The highest BCUT2D eigenvalue weighted by Crippen LogP contribution is 2.42. The van der Waals surface area contributed by atoms with Gasteiger partial charge in [0.15, 0.2) is 0 Å². The molecular formula is C84H70F6N4O2. The lowest BCUT2D eigenvalue weighted by Crippen LogP contribution is -2.22. The van der Waals surface area contributed by atoms with Gasteiger partial charge in [-0.3, -0.25) is 9.59 Å². The van der Waals surface area contributed by atoms with Crippen LogP contribution in [-0.4, -0.2) is 23.9 Å². The molecule has 96 heavy (non-hydrogen) atoms. The molecule has 0 spiro atoms. The molecular weight excluding hydrogens is 1210 g/mol. The van der Waals surface area contributed by atoms with E-state index in [0.29, 0.717) is 11.4 Å². The molecule has 0 aliphatic rings. The fraction of sp³-hybridized carbons (Fsp3) is 0.119. The van der Waals surface area contributed by atoms with E-state index in [9.17, 15) is 35.9 Å². The molecule has 0 heterocycles. The molecule has 0 fully saturated rings. The smallest absolute Gasteiger partial charge is 0.311 e. The Morgan fingerprint density at radius 1 is 0.219 bits per heavy atom. The molecule has 0 atom stereocenters. The lowest BCUT2D eigenvalue weighted by atomic mass is 10.0. The van der Waals surface area contributed by atoms with Crippen molar-refractivity contribution in [3.05, 3.63) is 335 Å². The summed E-state index contributed by atoms with van der Waals surface area (Å²) in [5.41, 5.74) is 24.0. The number of Topliss-reactive ketones (excluding diaryl/α,β-unsaturated/α-hetero) is 2. The Morgan fingerprint density at radius 3 is 0.573 bits per heavy atom. The van der Waals surface area contributed by atoms with E-state index in [0.717, 1.165) is 79.1 Å². The van der Waals surface area contributed by atoms with Gasteiger partial charge in [-0.15, -0.1) is 0 Å². The normalized spacial score (nSPS) is 11.3. The Morgan fingerprint density at radius 2 is 0.385 bits per heavy atom. The van der Waals surface area contributed by atoms with E-state index in [1.807, 2.05) is 121 Å². The molecule has 0 saturated heterocycles.